The van der Waals surface area contributed by atoms with Crippen LogP contribution >= 0.6 is 0 Å². The van der Waals surface area contributed by atoms with E-state index >= 15 is 0 Å². The molecule has 2 heterocycles. The summed E-state index contributed by atoms with van der Waals surface area (Å²) in [6.07, 6.45) is 2.60. The van der Waals surface area contributed by atoms with Crippen LogP contribution in [0.25, 0.3) is 10.9 Å². The number of para-hydroxylation sites is 2. The Bertz CT molecular complexity index is 1490. The van der Waals surface area contributed by atoms with E-state index in [0.29, 0.717) is 53.3 Å². The van der Waals surface area contributed by atoms with Crippen molar-refractivity contribution >= 4 is 45.8 Å². The van der Waals surface area contributed by atoms with Crippen LogP contribution in [0.15, 0.2) is 42.7 Å². The van der Waals surface area contributed by atoms with Gasteiger partial charge in [0.1, 0.15) is 35.7 Å². The molecular weight excluding hydrogens is 550 g/mol. The van der Waals surface area contributed by atoms with E-state index in [1.54, 1.807) is 38.1 Å². The van der Waals surface area contributed by atoms with Crippen LogP contribution in [0.5, 0.6) is 11.5 Å². The van der Waals surface area contributed by atoms with E-state index in [9.17, 15) is 14.4 Å². The number of hydrogen-bond acceptors (Lipinski definition) is 9. The number of fused-ring (bicyclic) bond motifs is 1. The summed E-state index contributed by atoms with van der Waals surface area (Å²) in [5.41, 5.74) is 1.17. The van der Waals surface area contributed by atoms with E-state index in [1.807, 2.05) is 45.0 Å². The molecule has 0 saturated carbocycles. The number of nitrogens with zero attached hydrogens (tertiary/aromatic N) is 3. The predicted octanol–water partition coefficient (Wildman–Crippen LogP) is 3.46. The Labute approximate surface area is 251 Å². The van der Waals surface area contributed by atoms with Crippen LogP contribution in [0, 0.1) is 5.41 Å². The minimum Gasteiger partial charge on any atom is -0.495 e. The molecule has 1 unspecified atom stereocenters. The zero-order chi connectivity index (χ0) is 31.3. The number of amides is 3. The lowest BCUT2D eigenvalue weighted by molar-refractivity contribution is -0.143. The average Bonchev–Trinajstić information content (AvgIpc) is 3.49. The number of hydrogen-bond donors (Lipinski definition) is 4. The fraction of sp³-hybridized carbons (Fsp3) is 0.452. The molecule has 3 atom stereocenters. The molecule has 4 N–H and O–H groups in total. The molecule has 230 valence electrons. The monoisotopic (exact) mass is 591 g/mol. The molecular formula is C31H41N7O5. The van der Waals surface area contributed by atoms with Crippen LogP contribution in [0.1, 0.15) is 40.5 Å². The third kappa shape index (κ3) is 6.96. The van der Waals surface area contributed by atoms with E-state index in [0.717, 1.165) is 5.69 Å². The molecule has 1 aliphatic heterocycles. The van der Waals surface area contributed by atoms with Gasteiger partial charge < -0.3 is 35.6 Å². The minimum atomic E-state index is -0.805. The maximum Gasteiger partial charge on any atom is 0.247 e. The molecule has 12 nitrogen and oxygen atoms in total. The number of rotatable bonds is 10. The van der Waals surface area contributed by atoms with Gasteiger partial charge >= 0.3 is 0 Å². The number of likely N-dealkylation sites (tertiary alicyclic amines) is 1. The summed E-state index contributed by atoms with van der Waals surface area (Å²) in [5, 5.41) is 12.7. The summed E-state index contributed by atoms with van der Waals surface area (Å²) in [6, 6.07) is 8.96. The number of nitrogens with one attached hydrogen (secondary N) is 4. The molecule has 4 rings (SSSR count). The lowest BCUT2D eigenvalue weighted by Crippen LogP contribution is -2.59. The molecule has 1 fully saturated rings. The highest BCUT2D eigenvalue weighted by atomic mass is 16.5. The molecule has 12 heteroatoms. The van der Waals surface area contributed by atoms with Gasteiger partial charge in [-0.15, -0.1) is 0 Å². The fourth-order valence-electron chi connectivity index (χ4n) is 5.06. The lowest BCUT2D eigenvalue weighted by Gasteiger charge is -2.36. The number of carbonyl (C=O) groups excluding carboxylic acids is 3. The smallest absolute Gasteiger partial charge is 0.247 e. The van der Waals surface area contributed by atoms with Crippen LogP contribution in [0.3, 0.4) is 0 Å². The van der Waals surface area contributed by atoms with Crippen molar-refractivity contribution in [3.8, 4) is 11.5 Å². The largest absolute Gasteiger partial charge is 0.495 e. The summed E-state index contributed by atoms with van der Waals surface area (Å²) < 4.78 is 11.1. The first-order valence-corrected chi connectivity index (χ1v) is 14.3. The Hall–Kier alpha value is -4.45. The Morgan fingerprint density at radius 2 is 1.74 bits per heavy atom. The number of methoxy groups -OCH3 is 2. The highest BCUT2D eigenvalue weighted by Gasteiger charge is 2.42. The van der Waals surface area contributed by atoms with E-state index in [-0.39, 0.29) is 17.7 Å². The van der Waals surface area contributed by atoms with E-state index in [1.165, 1.54) is 13.4 Å². The van der Waals surface area contributed by atoms with Crippen molar-refractivity contribution in [2.75, 3.05) is 38.4 Å². The zero-order valence-electron chi connectivity index (χ0n) is 25.8. The summed E-state index contributed by atoms with van der Waals surface area (Å²) in [5.74, 6) is 0.666. The maximum absolute atomic E-state index is 13.8. The number of aromatic nitrogens is 2. The van der Waals surface area contributed by atoms with Gasteiger partial charge in [0.25, 0.3) is 0 Å². The van der Waals surface area contributed by atoms with Crippen LogP contribution in [0.2, 0.25) is 0 Å². The summed E-state index contributed by atoms with van der Waals surface area (Å²) in [7, 11) is 4.79. The first-order valence-electron chi connectivity index (χ1n) is 14.3. The summed E-state index contributed by atoms with van der Waals surface area (Å²) in [4.78, 5) is 50.6. The van der Waals surface area contributed by atoms with Crippen molar-refractivity contribution in [1.29, 1.82) is 0 Å². The standard InChI is InChI=1S/C31H41N7O5/c1-18(32-5)28(39)37-26(31(2,3)4)30(41)38-14-10-12-23(38)29(40)36-22-15-19-21(16-25(22)43-7)33-17-34-27(19)35-20-11-8-9-13-24(20)42-6/h8-9,11,13,15-18,23,26,32H,10,12,14H2,1-7H3,(H,36,40)(H,37,39)(H,33,34,35)/t18-,23?,26+/m0/s1. The Kier molecular flexibility index (Phi) is 9.70. The van der Waals surface area contributed by atoms with Crippen molar-refractivity contribution < 1.29 is 23.9 Å². The minimum absolute atomic E-state index is 0.281. The third-order valence-corrected chi connectivity index (χ3v) is 7.64. The van der Waals surface area contributed by atoms with Crippen molar-refractivity contribution in [2.45, 2.75) is 58.7 Å². The van der Waals surface area contributed by atoms with Crippen molar-refractivity contribution in [1.82, 2.24) is 25.5 Å². The van der Waals surface area contributed by atoms with E-state index in [2.05, 4.69) is 31.2 Å². The van der Waals surface area contributed by atoms with Gasteiger partial charge in [0, 0.05) is 18.0 Å². The van der Waals surface area contributed by atoms with Gasteiger partial charge in [-0.1, -0.05) is 32.9 Å². The Morgan fingerprint density at radius 1 is 1.02 bits per heavy atom. The highest BCUT2D eigenvalue weighted by molar-refractivity contribution is 6.03. The number of benzene rings is 2. The molecule has 0 aliphatic carbocycles. The Balaban J connectivity index is 1.61. The molecule has 0 radical (unpaired) electrons. The van der Waals surface area contributed by atoms with Crippen LogP contribution in [-0.4, -0.2) is 78.5 Å². The topological polar surface area (TPSA) is 147 Å². The number of likely N-dealkylation sites (N-methyl/N-ethyl adjacent to an activating group) is 1. The molecule has 3 aromatic rings. The van der Waals surface area contributed by atoms with E-state index < -0.39 is 23.5 Å². The second-order valence-electron chi connectivity index (χ2n) is 11.6. The Morgan fingerprint density at radius 3 is 2.42 bits per heavy atom. The number of carbonyl (C=O) groups is 3. The fourth-order valence-corrected chi connectivity index (χ4v) is 5.06. The van der Waals surface area contributed by atoms with Gasteiger partial charge in [-0.3, -0.25) is 14.4 Å². The zero-order valence-corrected chi connectivity index (χ0v) is 25.8. The molecule has 0 spiro atoms. The number of ether oxygens (including phenoxy) is 2. The first-order chi connectivity index (χ1) is 20.5. The maximum atomic E-state index is 13.8. The van der Waals surface area contributed by atoms with Gasteiger partial charge in [0.2, 0.25) is 17.7 Å². The molecule has 43 heavy (non-hydrogen) atoms. The van der Waals surface area contributed by atoms with Crippen molar-refractivity contribution in [2.24, 2.45) is 5.41 Å². The molecule has 1 aromatic heterocycles. The molecule has 1 aliphatic rings. The van der Waals surface area contributed by atoms with E-state index in [4.69, 9.17) is 9.47 Å². The van der Waals surface area contributed by atoms with Crippen molar-refractivity contribution in [3.05, 3.63) is 42.7 Å². The third-order valence-electron chi connectivity index (χ3n) is 7.64. The van der Waals surface area contributed by atoms with Gasteiger partial charge in [-0.05, 0) is 50.4 Å². The highest BCUT2D eigenvalue weighted by Crippen LogP contribution is 2.35. The van der Waals surface area contributed by atoms with Crippen molar-refractivity contribution in [3.63, 3.8) is 0 Å². The van der Waals surface area contributed by atoms with Crippen LogP contribution in [-0.2, 0) is 14.4 Å². The first kappa shape index (κ1) is 31.5. The van der Waals surface area contributed by atoms with Crippen LogP contribution in [0.4, 0.5) is 17.2 Å². The quantitative estimate of drug-likeness (QED) is 0.278. The predicted molar refractivity (Wildman–Crippen MR) is 166 cm³/mol. The van der Waals surface area contributed by atoms with Gasteiger partial charge in [0.15, 0.2) is 0 Å². The van der Waals surface area contributed by atoms with Crippen LogP contribution < -0.4 is 30.7 Å². The molecule has 1 saturated heterocycles. The van der Waals surface area contributed by atoms with Gasteiger partial charge in [0.05, 0.1) is 37.2 Å². The average molecular weight is 592 g/mol. The molecule has 0 bridgehead atoms. The molecule has 3 amide bonds. The summed E-state index contributed by atoms with van der Waals surface area (Å²) >= 11 is 0. The SMILES string of the molecule is CN[C@@H](C)C(=O)N[C@H](C(=O)N1CCCC1C(=O)Nc1cc2c(Nc3ccccc3OC)ncnc2cc1OC)C(C)(C)C. The van der Waals surface area contributed by atoms with Gasteiger partial charge in [-0.25, -0.2) is 9.97 Å². The molecule has 2 aromatic carbocycles. The second kappa shape index (κ2) is 13.2. The lowest BCUT2D eigenvalue weighted by atomic mass is 9.85. The normalized spacial score (nSPS) is 16.3. The van der Waals surface area contributed by atoms with Gasteiger partial charge in [-0.2, -0.15) is 0 Å². The number of anilines is 3. The summed E-state index contributed by atoms with van der Waals surface area (Å²) in [6.45, 7) is 7.82. The second-order valence-corrected chi connectivity index (χ2v) is 11.6.